The number of carbonyl (C=O) groups is 2. The number of anilines is 1. The number of hydrogen-bond acceptors (Lipinski definition) is 4. The minimum absolute atomic E-state index is 0.161. The average Bonchev–Trinajstić information content (AvgIpc) is 2.68. The Kier molecular flexibility index (Phi) is 6.52. The van der Waals surface area contributed by atoms with Gasteiger partial charge < -0.3 is 15.4 Å². The van der Waals surface area contributed by atoms with E-state index in [-0.39, 0.29) is 17.4 Å². The third-order valence-electron chi connectivity index (χ3n) is 3.91. The highest BCUT2D eigenvalue weighted by Gasteiger charge is 2.15. The summed E-state index contributed by atoms with van der Waals surface area (Å²) in [5.74, 6) is 0.567. The summed E-state index contributed by atoms with van der Waals surface area (Å²) in [6, 6.07) is 17.4. The maximum Gasteiger partial charge on any atom is 0.257 e. The summed E-state index contributed by atoms with van der Waals surface area (Å²) in [6.45, 7) is 5.76. The monoisotopic (exact) mass is 467 g/mol. The lowest BCUT2D eigenvalue weighted by molar-refractivity contribution is 0.0919. The van der Waals surface area contributed by atoms with E-state index in [1.807, 2.05) is 45.0 Å². The Labute approximate surface area is 183 Å². The summed E-state index contributed by atoms with van der Waals surface area (Å²) in [5, 5.41) is 5.69. The molecule has 0 atom stereocenters. The molecule has 0 radical (unpaired) electrons. The number of carbonyl (C=O) groups excluding carboxylic acids is 2. The van der Waals surface area contributed by atoms with Crippen molar-refractivity contribution in [3.8, 4) is 11.6 Å². The van der Waals surface area contributed by atoms with Crippen LogP contribution >= 0.6 is 15.9 Å². The fourth-order valence-electron chi connectivity index (χ4n) is 2.55. The Hall–Kier alpha value is -3.19. The van der Waals surface area contributed by atoms with Crippen LogP contribution in [0.2, 0.25) is 0 Å². The first-order valence-corrected chi connectivity index (χ1v) is 10.1. The molecule has 0 unspecified atom stereocenters. The van der Waals surface area contributed by atoms with E-state index in [9.17, 15) is 9.59 Å². The van der Waals surface area contributed by atoms with Crippen molar-refractivity contribution in [2.75, 3.05) is 5.32 Å². The van der Waals surface area contributed by atoms with Gasteiger partial charge in [0.15, 0.2) is 0 Å². The van der Waals surface area contributed by atoms with Gasteiger partial charge in [-0.3, -0.25) is 9.59 Å². The number of ether oxygens (including phenoxy) is 1. The fourth-order valence-corrected chi connectivity index (χ4v) is 2.93. The molecule has 154 valence electrons. The van der Waals surface area contributed by atoms with Crippen LogP contribution in [0, 0.1) is 0 Å². The van der Waals surface area contributed by atoms with Crippen molar-refractivity contribution >= 4 is 33.4 Å². The molecule has 2 N–H and O–H groups in total. The zero-order valence-electron chi connectivity index (χ0n) is 16.9. The number of rotatable bonds is 5. The molecule has 0 aliphatic heterocycles. The summed E-state index contributed by atoms with van der Waals surface area (Å²) in [7, 11) is 0. The number of nitrogens with one attached hydrogen (secondary N) is 2. The fraction of sp³-hybridized carbons (Fsp3) is 0.174. The predicted molar refractivity (Wildman–Crippen MR) is 120 cm³/mol. The van der Waals surface area contributed by atoms with E-state index in [2.05, 4.69) is 31.5 Å². The first-order valence-electron chi connectivity index (χ1n) is 9.33. The van der Waals surface area contributed by atoms with Crippen LogP contribution in [-0.4, -0.2) is 22.3 Å². The van der Waals surface area contributed by atoms with Crippen LogP contribution in [0.5, 0.6) is 11.6 Å². The van der Waals surface area contributed by atoms with Crippen LogP contribution in [0.1, 0.15) is 41.5 Å². The zero-order chi connectivity index (χ0) is 21.7. The van der Waals surface area contributed by atoms with Gasteiger partial charge in [0.05, 0.1) is 5.56 Å². The molecule has 3 aromatic rings. The predicted octanol–water partition coefficient (Wildman–Crippen LogP) is 5.42. The minimum Gasteiger partial charge on any atom is -0.439 e. The van der Waals surface area contributed by atoms with Gasteiger partial charge in [0.2, 0.25) is 5.88 Å². The van der Waals surface area contributed by atoms with Gasteiger partial charge in [0, 0.05) is 33.5 Å². The number of halogens is 1. The lowest BCUT2D eigenvalue weighted by Crippen LogP contribution is -2.40. The van der Waals surface area contributed by atoms with E-state index in [4.69, 9.17) is 4.74 Å². The molecule has 0 saturated carbocycles. The Bertz CT molecular complexity index is 1040. The Morgan fingerprint density at radius 2 is 1.63 bits per heavy atom. The van der Waals surface area contributed by atoms with Crippen molar-refractivity contribution in [3.63, 3.8) is 0 Å². The van der Waals surface area contributed by atoms with E-state index in [0.29, 0.717) is 28.4 Å². The number of amides is 2. The largest absolute Gasteiger partial charge is 0.439 e. The molecule has 7 heteroatoms. The summed E-state index contributed by atoms with van der Waals surface area (Å²) in [4.78, 5) is 28.8. The summed E-state index contributed by atoms with van der Waals surface area (Å²) < 4.78 is 6.57. The van der Waals surface area contributed by atoms with E-state index in [0.717, 1.165) is 4.47 Å². The van der Waals surface area contributed by atoms with Gasteiger partial charge in [0.25, 0.3) is 11.8 Å². The van der Waals surface area contributed by atoms with Crippen LogP contribution < -0.4 is 15.4 Å². The quantitative estimate of drug-likeness (QED) is 0.524. The summed E-state index contributed by atoms with van der Waals surface area (Å²) in [5.41, 5.74) is 1.19. The second kappa shape index (κ2) is 9.09. The number of hydrogen-bond donors (Lipinski definition) is 2. The van der Waals surface area contributed by atoms with Crippen LogP contribution in [0.3, 0.4) is 0 Å². The second-order valence-electron chi connectivity index (χ2n) is 7.68. The zero-order valence-corrected chi connectivity index (χ0v) is 18.5. The smallest absolute Gasteiger partial charge is 0.257 e. The highest BCUT2D eigenvalue weighted by atomic mass is 79.9. The first-order chi connectivity index (χ1) is 14.2. The second-order valence-corrected chi connectivity index (χ2v) is 8.60. The number of nitrogens with zero attached hydrogens (tertiary/aromatic N) is 1. The van der Waals surface area contributed by atoms with Crippen LogP contribution in [-0.2, 0) is 0 Å². The molecule has 30 heavy (non-hydrogen) atoms. The molecule has 0 bridgehead atoms. The van der Waals surface area contributed by atoms with Crippen molar-refractivity contribution in [3.05, 3.63) is 82.5 Å². The van der Waals surface area contributed by atoms with Crippen LogP contribution in [0.4, 0.5) is 5.69 Å². The number of aromatic nitrogens is 1. The molecule has 1 heterocycles. The van der Waals surface area contributed by atoms with Gasteiger partial charge in [-0.15, -0.1) is 0 Å². The van der Waals surface area contributed by atoms with E-state index < -0.39 is 0 Å². The molecule has 0 fully saturated rings. The van der Waals surface area contributed by atoms with E-state index >= 15 is 0 Å². The average molecular weight is 468 g/mol. The Morgan fingerprint density at radius 1 is 0.933 bits per heavy atom. The third kappa shape index (κ3) is 6.15. The lowest BCUT2D eigenvalue weighted by Gasteiger charge is -2.20. The molecule has 0 aliphatic carbocycles. The molecular formula is C23H22BrN3O3. The van der Waals surface area contributed by atoms with Crippen molar-refractivity contribution < 1.29 is 14.3 Å². The molecular weight excluding hydrogens is 446 g/mol. The highest BCUT2D eigenvalue weighted by Crippen LogP contribution is 2.23. The summed E-state index contributed by atoms with van der Waals surface area (Å²) >= 11 is 3.39. The maximum atomic E-state index is 12.5. The molecule has 3 rings (SSSR count). The topological polar surface area (TPSA) is 80.3 Å². The van der Waals surface area contributed by atoms with Gasteiger partial charge in [-0.25, -0.2) is 4.98 Å². The first kappa shape index (κ1) is 21.5. The molecule has 2 amide bonds. The normalized spacial score (nSPS) is 10.9. The number of benzene rings is 2. The highest BCUT2D eigenvalue weighted by molar-refractivity contribution is 9.10. The van der Waals surface area contributed by atoms with Gasteiger partial charge in [0.1, 0.15) is 5.75 Å². The maximum absolute atomic E-state index is 12.5. The number of pyridine rings is 1. The van der Waals surface area contributed by atoms with Crippen molar-refractivity contribution in [1.82, 2.24) is 10.3 Å². The molecule has 1 aromatic heterocycles. The standard InChI is InChI=1S/C23H22BrN3O3/c1-23(2,3)27-22(29)15-7-10-18(11-8-15)26-21(28)16-9-12-20(25-14-16)30-19-6-4-5-17(24)13-19/h4-14H,1-3H3,(H,26,28)(H,27,29). The molecule has 6 nitrogen and oxygen atoms in total. The molecule has 2 aromatic carbocycles. The van der Waals surface area contributed by atoms with E-state index in [1.54, 1.807) is 36.4 Å². The van der Waals surface area contributed by atoms with E-state index in [1.165, 1.54) is 6.20 Å². The van der Waals surface area contributed by atoms with Gasteiger partial charge in [-0.05, 0) is 69.3 Å². The van der Waals surface area contributed by atoms with Crippen molar-refractivity contribution in [2.45, 2.75) is 26.3 Å². The minimum atomic E-state index is -0.316. The van der Waals surface area contributed by atoms with Crippen LogP contribution in [0.15, 0.2) is 71.3 Å². The molecule has 0 aliphatic rings. The lowest BCUT2D eigenvalue weighted by atomic mass is 10.1. The molecule has 0 saturated heterocycles. The Morgan fingerprint density at radius 3 is 2.23 bits per heavy atom. The third-order valence-corrected chi connectivity index (χ3v) is 4.40. The molecule has 0 spiro atoms. The van der Waals surface area contributed by atoms with Crippen molar-refractivity contribution in [1.29, 1.82) is 0 Å². The van der Waals surface area contributed by atoms with Gasteiger partial charge >= 0.3 is 0 Å². The van der Waals surface area contributed by atoms with Gasteiger partial charge in [-0.1, -0.05) is 22.0 Å². The van der Waals surface area contributed by atoms with Crippen molar-refractivity contribution in [2.24, 2.45) is 0 Å². The SMILES string of the molecule is CC(C)(C)NC(=O)c1ccc(NC(=O)c2ccc(Oc3cccc(Br)c3)nc2)cc1. The van der Waals surface area contributed by atoms with Gasteiger partial charge in [-0.2, -0.15) is 0 Å². The Balaban J connectivity index is 1.61. The van der Waals surface area contributed by atoms with Crippen LogP contribution in [0.25, 0.3) is 0 Å². The summed E-state index contributed by atoms with van der Waals surface area (Å²) in [6.07, 6.45) is 1.45.